The normalized spacial score (nSPS) is 26.5. The molecule has 6 aliphatic carbocycles. The van der Waals surface area contributed by atoms with Crippen molar-refractivity contribution in [3.63, 3.8) is 0 Å². The van der Waals surface area contributed by atoms with E-state index in [1.54, 1.807) is 0 Å². The second-order valence-corrected chi connectivity index (χ2v) is 24.1. The summed E-state index contributed by atoms with van der Waals surface area (Å²) >= 11 is 0. The summed E-state index contributed by atoms with van der Waals surface area (Å²) in [5, 5.41) is 3.20. The monoisotopic (exact) mass is 841 g/mol. The molecule has 0 heterocycles. The molecular formula is C64H68. The Kier molecular flexibility index (Phi) is 7.96. The van der Waals surface area contributed by atoms with Gasteiger partial charge in [0.2, 0.25) is 0 Å². The molecule has 7 aromatic carbocycles. The minimum Gasteiger partial charge on any atom is -0.0616 e. The number of hydrogen-bond acceptors (Lipinski definition) is 0. The molecule has 7 aromatic rings. The van der Waals surface area contributed by atoms with Crippen LogP contribution in [0, 0.1) is 17.8 Å². The van der Waals surface area contributed by atoms with Crippen LogP contribution in [-0.2, 0) is 27.1 Å². The van der Waals surface area contributed by atoms with Crippen molar-refractivity contribution in [2.75, 3.05) is 0 Å². The summed E-state index contributed by atoms with van der Waals surface area (Å²) in [5.41, 5.74) is 15.6. The van der Waals surface area contributed by atoms with Crippen molar-refractivity contribution >= 4 is 21.5 Å². The van der Waals surface area contributed by atoms with Crippen LogP contribution in [0.25, 0.3) is 66.1 Å². The molecule has 0 radical (unpaired) electrons. The predicted octanol–water partition coefficient (Wildman–Crippen LogP) is 17.8. The summed E-state index contributed by atoms with van der Waals surface area (Å²) in [6, 6.07) is 38.5. The third kappa shape index (κ3) is 6.13. The molecule has 0 saturated heterocycles. The Bertz CT molecular complexity index is 3220. The number of benzene rings is 7. The molecular weight excluding hydrogens is 769 g/mol. The highest BCUT2D eigenvalue weighted by atomic mass is 14.6. The van der Waals surface area contributed by atoms with Gasteiger partial charge in [0.05, 0.1) is 5.48 Å². The Hall–Kier alpha value is -4.94. The first kappa shape index (κ1) is 36.3. The zero-order valence-corrected chi connectivity index (χ0v) is 39.6. The predicted molar refractivity (Wildman–Crippen MR) is 274 cm³/mol. The number of rotatable bonds is 5. The van der Waals surface area contributed by atoms with E-state index in [2.05, 4.69) is 159 Å². The summed E-state index contributed by atoms with van der Waals surface area (Å²) in [6.07, 6.45) is 12.6. The largest absolute Gasteiger partial charge is 0.0629 e. The molecule has 4 fully saturated rings. The minimum atomic E-state index is -0.195. The van der Waals surface area contributed by atoms with Gasteiger partial charge in [0.1, 0.15) is 0 Å². The number of fused-ring (bicyclic) bond motifs is 4. The molecule has 324 valence electrons. The average molecular weight is 841 g/mol. The zero-order valence-electron chi connectivity index (χ0n) is 43.6. The smallest absolute Gasteiger partial charge is 0.0616 e. The van der Waals surface area contributed by atoms with E-state index in [1.165, 1.54) is 71.9 Å². The van der Waals surface area contributed by atoms with Gasteiger partial charge in [-0.1, -0.05) is 183 Å². The molecule has 0 spiro atoms. The van der Waals surface area contributed by atoms with Crippen molar-refractivity contribution in [1.29, 1.82) is 0 Å². The van der Waals surface area contributed by atoms with Crippen LogP contribution in [0.2, 0.25) is 0 Å². The Balaban J connectivity index is 1.19. The SMILES string of the molecule is [2H]c1c([2H])c([2H])c2c(-c3c(-c4ccc5c(c4)C(C)(C)CCC5(C)C)cccc3-c3cccc4c3C(C)(C)CCC4(C)C)c3ccccc3c(-c3ccc(C45CC6CC(CC(C6)C4)C5)cc3)c2c1[2H]. The first-order valence-electron chi connectivity index (χ1n) is 26.8. The minimum absolute atomic E-state index is 0.000906. The summed E-state index contributed by atoms with van der Waals surface area (Å²) in [5.74, 6) is 2.55. The van der Waals surface area contributed by atoms with E-state index in [-0.39, 0.29) is 51.2 Å². The van der Waals surface area contributed by atoms with Crippen LogP contribution >= 0.6 is 0 Å². The maximum atomic E-state index is 10.1. The summed E-state index contributed by atoms with van der Waals surface area (Å²) in [4.78, 5) is 0. The molecule has 64 heavy (non-hydrogen) atoms. The summed E-state index contributed by atoms with van der Waals surface area (Å²) in [7, 11) is 0. The van der Waals surface area contributed by atoms with E-state index in [9.17, 15) is 5.48 Å². The lowest BCUT2D eigenvalue weighted by Gasteiger charge is -2.57. The average Bonchev–Trinajstić information content (AvgIpc) is 3.31. The van der Waals surface area contributed by atoms with E-state index in [0.717, 1.165) is 93.2 Å². The fraction of sp³-hybridized carbons (Fsp3) is 0.406. The molecule has 0 unspecified atom stereocenters. The van der Waals surface area contributed by atoms with E-state index in [4.69, 9.17) is 0 Å². The molecule has 0 aliphatic heterocycles. The van der Waals surface area contributed by atoms with Crippen molar-refractivity contribution in [1.82, 2.24) is 0 Å². The maximum Gasteiger partial charge on any atom is 0.0629 e. The van der Waals surface area contributed by atoms with Crippen LogP contribution in [0.15, 0.2) is 127 Å². The lowest BCUT2D eigenvalue weighted by Crippen LogP contribution is -2.48. The Morgan fingerprint density at radius 3 is 1.59 bits per heavy atom. The highest BCUT2D eigenvalue weighted by Crippen LogP contribution is 2.61. The molecule has 4 bridgehead atoms. The summed E-state index contributed by atoms with van der Waals surface area (Å²) in [6.45, 7) is 19.2. The standard InChI is InChI=1S/C64H68/c1-60(2)29-30-62(5,6)55-36-44(25-28-53(55)60)46-19-13-20-51(52-21-14-22-54-59(52)63(7,8)32-31-61(54,3)4)57(46)58-49-17-11-9-15-47(49)56(48-16-10-12-18-50(48)58)43-23-26-45(27-24-43)64-37-40-33-41(38-64)35-42(34-40)39-64/h9-28,36,40-42H,29-35,37-39H2,1-8H3/i9D,11D,15D,17D. The number of hydrogen-bond donors (Lipinski definition) is 0. The molecule has 6 aliphatic rings. The molecule has 4 saturated carbocycles. The topological polar surface area (TPSA) is 0 Å². The van der Waals surface area contributed by atoms with Gasteiger partial charge in [0, 0.05) is 0 Å². The fourth-order valence-corrected chi connectivity index (χ4v) is 14.9. The van der Waals surface area contributed by atoms with Crippen molar-refractivity contribution < 1.29 is 5.48 Å². The highest BCUT2D eigenvalue weighted by molar-refractivity contribution is 6.23. The quantitative estimate of drug-likeness (QED) is 0.152. The highest BCUT2D eigenvalue weighted by Gasteiger charge is 2.51. The van der Waals surface area contributed by atoms with E-state index >= 15 is 0 Å². The van der Waals surface area contributed by atoms with Gasteiger partial charge >= 0.3 is 0 Å². The Morgan fingerprint density at radius 2 is 0.938 bits per heavy atom. The van der Waals surface area contributed by atoms with Gasteiger partial charge in [0.25, 0.3) is 0 Å². The van der Waals surface area contributed by atoms with Crippen LogP contribution in [0.1, 0.15) is 153 Å². The Morgan fingerprint density at radius 1 is 0.422 bits per heavy atom. The van der Waals surface area contributed by atoms with E-state index in [0.29, 0.717) is 10.8 Å². The Labute approximate surface area is 389 Å². The van der Waals surface area contributed by atoms with E-state index in [1.807, 2.05) is 0 Å². The zero-order chi connectivity index (χ0) is 47.4. The third-order valence-electron chi connectivity index (χ3n) is 18.1. The van der Waals surface area contributed by atoms with Crippen LogP contribution in [-0.4, -0.2) is 0 Å². The van der Waals surface area contributed by atoms with Crippen LogP contribution < -0.4 is 0 Å². The summed E-state index contributed by atoms with van der Waals surface area (Å²) < 4.78 is 38.6. The molecule has 0 aromatic heterocycles. The van der Waals surface area contributed by atoms with E-state index < -0.39 is 0 Å². The van der Waals surface area contributed by atoms with Gasteiger partial charge in [-0.2, -0.15) is 0 Å². The van der Waals surface area contributed by atoms with Gasteiger partial charge in [-0.15, -0.1) is 0 Å². The third-order valence-corrected chi connectivity index (χ3v) is 18.1. The first-order chi connectivity index (χ1) is 32.3. The van der Waals surface area contributed by atoms with Gasteiger partial charge < -0.3 is 0 Å². The fourth-order valence-electron chi connectivity index (χ4n) is 14.9. The molecule has 13 rings (SSSR count). The van der Waals surface area contributed by atoms with Crippen molar-refractivity contribution in [3.8, 4) is 44.5 Å². The van der Waals surface area contributed by atoms with Gasteiger partial charge in [-0.25, -0.2) is 0 Å². The lowest BCUT2D eigenvalue weighted by molar-refractivity contribution is -0.00518. The van der Waals surface area contributed by atoms with Crippen molar-refractivity contribution in [2.24, 2.45) is 17.8 Å². The molecule has 0 N–H and O–H groups in total. The van der Waals surface area contributed by atoms with Gasteiger partial charge in [-0.3, -0.25) is 0 Å². The van der Waals surface area contributed by atoms with Gasteiger partial charge in [-0.05, 0) is 203 Å². The first-order valence-corrected chi connectivity index (χ1v) is 24.8. The molecule has 0 atom stereocenters. The molecule has 0 heteroatoms. The molecule has 0 nitrogen and oxygen atoms in total. The second kappa shape index (κ2) is 14.0. The van der Waals surface area contributed by atoms with Crippen LogP contribution in [0.5, 0.6) is 0 Å². The maximum absolute atomic E-state index is 10.1. The van der Waals surface area contributed by atoms with Crippen molar-refractivity contribution in [3.05, 3.63) is 155 Å². The molecule has 0 amide bonds. The van der Waals surface area contributed by atoms with Crippen molar-refractivity contribution in [2.45, 2.75) is 147 Å². The van der Waals surface area contributed by atoms with Crippen LogP contribution in [0.3, 0.4) is 0 Å². The lowest BCUT2D eigenvalue weighted by atomic mass is 9.48. The second-order valence-electron chi connectivity index (χ2n) is 24.1. The van der Waals surface area contributed by atoms with Gasteiger partial charge in [0.15, 0.2) is 0 Å². The van der Waals surface area contributed by atoms with Crippen LogP contribution in [0.4, 0.5) is 0 Å².